The Morgan fingerprint density at radius 3 is 2.48 bits per heavy atom. The third kappa shape index (κ3) is 4.85. The lowest BCUT2D eigenvalue weighted by Crippen LogP contribution is -3.14. The van der Waals surface area contributed by atoms with E-state index in [2.05, 4.69) is 39.1 Å². The van der Waals surface area contributed by atoms with Gasteiger partial charge in [0.2, 0.25) is 5.91 Å². The Balaban J connectivity index is 1.80. The Kier molecular flexibility index (Phi) is 5.40. The minimum atomic E-state index is 0.136. The second kappa shape index (κ2) is 7.08. The Hall–Kier alpha value is -1.35. The molecule has 2 N–H and O–H groups in total. The zero-order valence-electron chi connectivity index (χ0n) is 13.8. The molecule has 1 aromatic rings. The summed E-state index contributed by atoms with van der Waals surface area (Å²) in [5.74, 6) is 1.70. The number of quaternary nitrogens is 1. The average molecular weight is 289 g/mol. The predicted molar refractivity (Wildman–Crippen MR) is 87.7 cm³/mol. The van der Waals surface area contributed by atoms with Gasteiger partial charge < -0.3 is 10.2 Å². The molecule has 0 bridgehead atoms. The number of hydrogen-bond acceptors (Lipinski definition) is 1. The van der Waals surface area contributed by atoms with Crippen LogP contribution in [0.15, 0.2) is 18.2 Å². The van der Waals surface area contributed by atoms with E-state index in [0.717, 1.165) is 24.1 Å². The normalized spacial score (nSPS) is 25.6. The van der Waals surface area contributed by atoms with E-state index in [1.54, 1.807) is 4.90 Å². The zero-order valence-corrected chi connectivity index (χ0v) is 13.8. The van der Waals surface area contributed by atoms with Crippen molar-refractivity contribution >= 4 is 11.6 Å². The number of likely N-dealkylation sites (tertiary alicyclic amines) is 1. The van der Waals surface area contributed by atoms with Gasteiger partial charge in [-0.2, -0.15) is 0 Å². The van der Waals surface area contributed by atoms with Gasteiger partial charge in [-0.15, -0.1) is 0 Å². The predicted octanol–water partition coefficient (Wildman–Crippen LogP) is 2.19. The molecule has 0 aliphatic carbocycles. The molecule has 1 saturated heterocycles. The quantitative estimate of drug-likeness (QED) is 0.875. The number of carbonyl (C=O) groups is 1. The molecule has 21 heavy (non-hydrogen) atoms. The fourth-order valence-electron chi connectivity index (χ4n) is 3.46. The Morgan fingerprint density at radius 1 is 1.19 bits per heavy atom. The SMILES string of the molecule is Cc1ccc(NC(=O)CC[NH+]2C[C@@H](C)C[C@H](C)C2)cc1C. The van der Waals surface area contributed by atoms with Gasteiger partial charge in [0.15, 0.2) is 0 Å². The van der Waals surface area contributed by atoms with Crippen molar-refractivity contribution < 1.29 is 9.69 Å². The summed E-state index contributed by atoms with van der Waals surface area (Å²) in [7, 11) is 0. The summed E-state index contributed by atoms with van der Waals surface area (Å²) in [5, 5.41) is 3.02. The van der Waals surface area contributed by atoms with E-state index in [4.69, 9.17) is 0 Å². The first kappa shape index (κ1) is 16.0. The van der Waals surface area contributed by atoms with Gasteiger partial charge in [-0.25, -0.2) is 0 Å². The van der Waals surface area contributed by atoms with Gasteiger partial charge in [0, 0.05) is 17.5 Å². The van der Waals surface area contributed by atoms with E-state index in [9.17, 15) is 4.79 Å². The molecule has 1 aliphatic rings. The smallest absolute Gasteiger partial charge is 0.230 e. The molecule has 2 rings (SSSR count). The van der Waals surface area contributed by atoms with Crippen molar-refractivity contribution in [2.24, 2.45) is 11.8 Å². The lowest BCUT2D eigenvalue weighted by atomic mass is 9.92. The number of carbonyl (C=O) groups excluding carboxylic acids is 1. The first-order valence-corrected chi connectivity index (χ1v) is 8.14. The monoisotopic (exact) mass is 289 g/mol. The highest BCUT2D eigenvalue weighted by Crippen LogP contribution is 2.14. The lowest BCUT2D eigenvalue weighted by Gasteiger charge is -2.31. The summed E-state index contributed by atoms with van der Waals surface area (Å²) >= 11 is 0. The van der Waals surface area contributed by atoms with Crippen LogP contribution in [0, 0.1) is 25.7 Å². The van der Waals surface area contributed by atoms with E-state index >= 15 is 0 Å². The fraction of sp³-hybridized carbons (Fsp3) is 0.611. The highest BCUT2D eigenvalue weighted by molar-refractivity contribution is 5.90. The highest BCUT2D eigenvalue weighted by atomic mass is 16.1. The van der Waals surface area contributed by atoms with Gasteiger partial charge in [-0.3, -0.25) is 4.79 Å². The van der Waals surface area contributed by atoms with Crippen LogP contribution >= 0.6 is 0 Å². The summed E-state index contributed by atoms with van der Waals surface area (Å²) in [6.45, 7) is 12.2. The van der Waals surface area contributed by atoms with Crippen LogP contribution in [0.25, 0.3) is 0 Å². The number of rotatable bonds is 4. The molecule has 2 atom stereocenters. The molecule has 0 unspecified atom stereocenters. The maximum absolute atomic E-state index is 12.1. The van der Waals surface area contributed by atoms with E-state index in [-0.39, 0.29) is 5.91 Å². The first-order chi connectivity index (χ1) is 9.94. The van der Waals surface area contributed by atoms with Crippen molar-refractivity contribution in [3.05, 3.63) is 29.3 Å². The minimum Gasteiger partial charge on any atom is -0.334 e. The number of benzene rings is 1. The van der Waals surface area contributed by atoms with E-state index in [1.807, 2.05) is 12.1 Å². The van der Waals surface area contributed by atoms with Crippen LogP contribution in [-0.2, 0) is 4.79 Å². The van der Waals surface area contributed by atoms with Crippen LogP contribution in [0.1, 0.15) is 37.8 Å². The van der Waals surface area contributed by atoms with Crippen LogP contribution in [0.4, 0.5) is 5.69 Å². The molecule has 1 aliphatic heterocycles. The van der Waals surface area contributed by atoms with Crippen LogP contribution < -0.4 is 10.2 Å². The lowest BCUT2D eigenvalue weighted by molar-refractivity contribution is -0.911. The fourth-order valence-corrected chi connectivity index (χ4v) is 3.46. The highest BCUT2D eigenvalue weighted by Gasteiger charge is 2.25. The van der Waals surface area contributed by atoms with Gasteiger partial charge in [-0.1, -0.05) is 19.9 Å². The summed E-state index contributed by atoms with van der Waals surface area (Å²) in [4.78, 5) is 13.7. The van der Waals surface area contributed by atoms with Crippen LogP contribution in [0.5, 0.6) is 0 Å². The number of piperidine rings is 1. The third-order valence-corrected chi connectivity index (χ3v) is 4.58. The largest absolute Gasteiger partial charge is 0.334 e. The molecule has 0 saturated carbocycles. The molecule has 1 fully saturated rings. The number of nitrogens with one attached hydrogen (secondary N) is 2. The molecule has 1 heterocycles. The van der Waals surface area contributed by atoms with Gasteiger partial charge in [0.25, 0.3) is 0 Å². The van der Waals surface area contributed by atoms with Crippen molar-refractivity contribution in [1.29, 1.82) is 0 Å². The van der Waals surface area contributed by atoms with Crippen LogP contribution in [-0.4, -0.2) is 25.5 Å². The standard InChI is InChI=1S/C18H28N2O/c1-13-9-14(2)12-20(11-13)8-7-18(21)19-17-6-5-15(3)16(4)10-17/h5-6,10,13-14H,7-9,11-12H2,1-4H3,(H,19,21)/p+1/t13-,14-/m0/s1. The maximum Gasteiger partial charge on any atom is 0.230 e. The van der Waals surface area contributed by atoms with Gasteiger partial charge in [-0.05, 0) is 43.5 Å². The van der Waals surface area contributed by atoms with Gasteiger partial charge in [0.1, 0.15) is 0 Å². The van der Waals surface area contributed by atoms with E-state index in [0.29, 0.717) is 6.42 Å². The van der Waals surface area contributed by atoms with Crippen LogP contribution in [0.3, 0.4) is 0 Å². The summed E-state index contributed by atoms with van der Waals surface area (Å²) < 4.78 is 0. The minimum absolute atomic E-state index is 0.136. The maximum atomic E-state index is 12.1. The molecule has 1 amide bonds. The van der Waals surface area contributed by atoms with Gasteiger partial charge >= 0.3 is 0 Å². The molecule has 1 aromatic carbocycles. The third-order valence-electron chi connectivity index (χ3n) is 4.58. The van der Waals surface area contributed by atoms with E-state index < -0.39 is 0 Å². The Morgan fingerprint density at radius 2 is 1.86 bits per heavy atom. The molecule has 3 nitrogen and oxygen atoms in total. The van der Waals surface area contributed by atoms with Crippen LogP contribution in [0.2, 0.25) is 0 Å². The molecular formula is C18H29N2O+. The Bertz CT molecular complexity index is 488. The second-order valence-corrected chi connectivity index (χ2v) is 6.95. The van der Waals surface area contributed by atoms with Crippen molar-refractivity contribution in [3.8, 4) is 0 Å². The molecule has 0 radical (unpaired) electrons. The Labute approximate surface area is 128 Å². The molecule has 0 aromatic heterocycles. The molecule has 3 heteroatoms. The molecule has 116 valence electrons. The summed E-state index contributed by atoms with van der Waals surface area (Å²) in [5.41, 5.74) is 3.39. The van der Waals surface area contributed by atoms with Crippen molar-refractivity contribution in [2.75, 3.05) is 25.0 Å². The van der Waals surface area contributed by atoms with Crippen molar-refractivity contribution in [2.45, 2.75) is 40.5 Å². The zero-order chi connectivity index (χ0) is 15.4. The van der Waals surface area contributed by atoms with Crippen molar-refractivity contribution in [3.63, 3.8) is 0 Å². The summed E-state index contributed by atoms with van der Waals surface area (Å²) in [6.07, 6.45) is 1.94. The number of anilines is 1. The molecular weight excluding hydrogens is 260 g/mol. The summed E-state index contributed by atoms with van der Waals surface area (Å²) in [6, 6.07) is 6.09. The first-order valence-electron chi connectivity index (χ1n) is 8.14. The van der Waals surface area contributed by atoms with Gasteiger partial charge in [0.05, 0.1) is 26.1 Å². The average Bonchev–Trinajstić information content (AvgIpc) is 2.40. The number of aryl methyl sites for hydroxylation is 2. The second-order valence-electron chi connectivity index (χ2n) is 6.95. The van der Waals surface area contributed by atoms with Crippen molar-refractivity contribution in [1.82, 2.24) is 0 Å². The number of hydrogen-bond donors (Lipinski definition) is 2. The topological polar surface area (TPSA) is 33.5 Å². The molecule has 0 spiro atoms. The van der Waals surface area contributed by atoms with E-state index in [1.165, 1.54) is 30.6 Å². The number of amides is 1.